The summed E-state index contributed by atoms with van der Waals surface area (Å²) >= 11 is 0. The van der Waals surface area contributed by atoms with Crippen molar-refractivity contribution in [1.82, 2.24) is 5.32 Å². The van der Waals surface area contributed by atoms with Gasteiger partial charge in [-0.25, -0.2) is 4.79 Å². The number of carbonyl (C=O) groups excluding carboxylic acids is 1. The van der Waals surface area contributed by atoms with E-state index in [0.717, 1.165) is 11.1 Å². The van der Waals surface area contributed by atoms with Crippen molar-refractivity contribution in [3.63, 3.8) is 0 Å². The lowest BCUT2D eigenvalue weighted by Gasteiger charge is -2.18. The molecule has 2 amide bonds. The number of carbonyl (C=O) groups is 1. The highest BCUT2D eigenvalue weighted by Gasteiger charge is 2.15. The third-order valence-electron chi connectivity index (χ3n) is 2.76. The number of amides is 2. The van der Waals surface area contributed by atoms with Crippen LogP contribution in [0.2, 0.25) is 0 Å². The SMILES string of the molecule is NC(N)=NC(=O)NC(c1ccccc1)c1ccccc1. The van der Waals surface area contributed by atoms with Crippen LogP contribution in [0.5, 0.6) is 0 Å². The number of rotatable bonds is 3. The summed E-state index contributed by atoms with van der Waals surface area (Å²) in [5.41, 5.74) is 12.3. The maximum atomic E-state index is 11.8. The van der Waals surface area contributed by atoms with Gasteiger partial charge in [0.05, 0.1) is 6.04 Å². The Morgan fingerprint density at radius 3 is 1.75 bits per heavy atom. The van der Waals surface area contributed by atoms with E-state index in [4.69, 9.17) is 11.5 Å². The smallest absolute Gasteiger partial charge is 0.344 e. The topological polar surface area (TPSA) is 93.5 Å². The molecular weight excluding hydrogens is 252 g/mol. The van der Waals surface area contributed by atoms with Gasteiger partial charge in [-0.1, -0.05) is 60.7 Å². The summed E-state index contributed by atoms with van der Waals surface area (Å²) in [4.78, 5) is 15.2. The van der Waals surface area contributed by atoms with Crippen LogP contribution in [0.3, 0.4) is 0 Å². The largest absolute Gasteiger partial charge is 0.370 e. The van der Waals surface area contributed by atoms with Crippen molar-refractivity contribution in [1.29, 1.82) is 0 Å². The van der Waals surface area contributed by atoms with Crippen molar-refractivity contribution in [3.8, 4) is 0 Å². The van der Waals surface area contributed by atoms with Crippen molar-refractivity contribution >= 4 is 12.0 Å². The van der Waals surface area contributed by atoms with Gasteiger partial charge >= 0.3 is 6.03 Å². The van der Waals surface area contributed by atoms with E-state index >= 15 is 0 Å². The zero-order chi connectivity index (χ0) is 14.4. The Labute approximate surface area is 117 Å². The third-order valence-corrected chi connectivity index (χ3v) is 2.76. The molecule has 0 unspecified atom stereocenters. The van der Waals surface area contributed by atoms with E-state index in [1.54, 1.807) is 0 Å². The Bertz CT molecular complexity index is 552. The zero-order valence-electron chi connectivity index (χ0n) is 10.9. The molecule has 0 aliphatic heterocycles. The highest BCUT2D eigenvalue weighted by molar-refractivity contribution is 5.90. The Kier molecular flexibility index (Phi) is 4.34. The van der Waals surface area contributed by atoms with Crippen LogP contribution in [0.25, 0.3) is 0 Å². The predicted octanol–water partition coefficient (Wildman–Crippen LogP) is 1.76. The molecule has 0 aliphatic rings. The Balaban J connectivity index is 2.31. The van der Waals surface area contributed by atoms with Gasteiger partial charge in [0.1, 0.15) is 0 Å². The van der Waals surface area contributed by atoms with Crippen molar-refractivity contribution in [2.75, 3.05) is 0 Å². The maximum Gasteiger partial charge on any atom is 0.344 e. The minimum absolute atomic E-state index is 0.262. The van der Waals surface area contributed by atoms with Crippen molar-refractivity contribution in [3.05, 3.63) is 71.8 Å². The zero-order valence-corrected chi connectivity index (χ0v) is 10.9. The van der Waals surface area contributed by atoms with E-state index in [1.807, 2.05) is 60.7 Å². The summed E-state index contributed by atoms with van der Waals surface area (Å²) in [5.74, 6) is -0.262. The summed E-state index contributed by atoms with van der Waals surface area (Å²) in [6.07, 6.45) is 0. The molecule has 102 valence electrons. The van der Waals surface area contributed by atoms with Crippen molar-refractivity contribution < 1.29 is 4.79 Å². The third kappa shape index (κ3) is 3.58. The quantitative estimate of drug-likeness (QED) is 0.585. The molecule has 20 heavy (non-hydrogen) atoms. The number of hydrogen-bond acceptors (Lipinski definition) is 1. The van der Waals surface area contributed by atoms with Gasteiger partial charge in [0.2, 0.25) is 0 Å². The number of aliphatic imine (C=N–C) groups is 1. The van der Waals surface area contributed by atoms with Crippen LogP contribution < -0.4 is 16.8 Å². The van der Waals surface area contributed by atoms with Gasteiger partial charge in [-0.3, -0.25) is 0 Å². The molecule has 2 aromatic carbocycles. The minimum Gasteiger partial charge on any atom is -0.370 e. The van der Waals surface area contributed by atoms with Gasteiger partial charge in [0, 0.05) is 0 Å². The standard InChI is InChI=1S/C15H16N4O/c16-14(17)19-15(20)18-13(11-7-3-1-4-8-11)12-9-5-2-6-10-12/h1-10,13H,(H5,16,17,18,19,20). The van der Waals surface area contributed by atoms with E-state index in [9.17, 15) is 4.79 Å². The van der Waals surface area contributed by atoms with Crippen LogP contribution in [0.1, 0.15) is 17.2 Å². The van der Waals surface area contributed by atoms with Gasteiger partial charge in [0.15, 0.2) is 5.96 Å². The second kappa shape index (κ2) is 6.38. The molecule has 0 atom stereocenters. The number of benzene rings is 2. The molecule has 2 rings (SSSR count). The molecule has 0 radical (unpaired) electrons. The second-order valence-corrected chi connectivity index (χ2v) is 4.24. The lowest BCUT2D eigenvalue weighted by molar-refractivity contribution is 0.247. The first kappa shape index (κ1) is 13.6. The highest BCUT2D eigenvalue weighted by atomic mass is 16.2. The Morgan fingerprint density at radius 2 is 1.35 bits per heavy atom. The normalized spacial score (nSPS) is 10.1. The summed E-state index contributed by atoms with van der Waals surface area (Å²) in [5, 5.41) is 2.79. The monoisotopic (exact) mass is 268 g/mol. The Hall–Kier alpha value is -2.82. The van der Waals surface area contributed by atoms with Crippen LogP contribution in [-0.2, 0) is 0 Å². The van der Waals surface area contributed by atoms with E-state index < -0.39 is 6.03 Å². The van der Waals surface area contributed by atoms with Gasteiger partial charge in [0.25, 0.3) is 0 Å². The molecule has 0 aliphatic carbocycles. The van der Waals surface area contributed by atoms with E-state index in [0.29, 0.717) is 0 Å². The molecule has 5 N–H and O–H groups in total. The van der Waals surface area contributed by atoms with Crippen LogP contribution in [0.4, 0.5) is 4.79 Å². The molecule has 5 nitrogen and oxygen atoms in total. The van der Waals surface area contributed by atoms with Gasteiger partial charge in [-0.2, -0.15) is 4.99 Å². The summed E-state index contributed by atoms with van der Waals surface area (Å²) in [6, 6.07) is 18.4. The number of guanidine groups is 1. The molecule has 5 heteroatoms. The molecule has 0 fully saturated rings. The fourth-order valence-corrected chi connectivity index (χ4v) is 1.92. The summed E-state index contributed by atoms with van der Waals surface area (Å²) < 4.78 is 0. The number of urea groups is 1. The molecule has 0 bridgehead atoms. The fraction of sp³-hybridized carbons (Fsp3) is 0.0667. The number of nitrogens with one attached hydrogen (secondary N) is 1. The molecule has 0 saturated heterocycles. The maximum absolute atomic E-state index is 11.8. The lowest BCUT2D eigenvalue weighted by atomic mass is 9.99. The number of nitrogens with two attached hydrogens (primary N) is 2. The first-order valence-corrected chi connectivity index (χ1v) is 6.17. The van der Waals surface area contributed by atoms with Crippen LogP contribution in [0, 0.1) is 0 Å². The highest BCUT2D eigenvalue weighted by Crippen LogP contribution is 2.21. The number of nitrogens with zero attached hydrogens (tertiary/aromatic N) is 1. The molecule has 0 spiro atoms. The molecule has 0 heterocycles. The predicted molar refractivity (Wildman–Crippen MR) is 79.1 cm³/mol. The number of hydrogen-bond donors (Lipinski definition) is 3. The van der Waals surface area contributed by atoms with Crippen LogP contribution >= 0.6 is 0 Å². The first-order chi connectivity index (χ1) is 9.66. The van der Waals surface area contributed by atoms with E-state index in [2.05, 4.69) is 10.3 Å². The van der Waals surface area contributed by atoms with E-state index in [1.165, 1.54) is 0 Å². The first-order valence-electron chi connectivity index (χ1n) is 6.17. The van der Waals surface area contributed by atoms with Crippen LogP contribution in [-0.4, -0.2) is 12.0 Å². The molecular formula is C15H16N4O. The van der Waals surface area contributed by atoms with Gasteiger partial charge in [-0.05, 0) is 11.1 Å². The summed E-state index contributed by atoms with van der Waals surface area (Å²) in [7, 11) is 0. The molecule has 0 aromatic heterocycles. The van der Waals surface area contributed by atoms with E-state index in [-0.39, 0.29) is 12.0 Å². The van der Waals surface area contributed by atoms with Gasteiger partial charge < -0.3 is 16.8 Å². The lowest BCUT2D eigenvalue weighted by Crippen LogP contribution is -2.31. The average molecular weight is 268 g/mol. The van der Waals surface area contributed by atoms with Gasteiger partial charge in [-0.15, -0.1) is 0 Å². The summed E-state index contributed by atoms with van der Waals surface area (Å²) in [6.45, 7) is 0. The molecule has 2 aromatic rings. The van der Waals surface area contributed by atoms with Crippen molar-refractivity contribution in [2.24, 2.45) is 16.5 Å². The fourth-order valence-electron chi connectivity index (χ4n) is 1.92. The minimum atomic E-state index is -0.567. The average Bonchev–Trinajstić information content (AvgIpc) is 2.46. The Morgan fingerprint density at radius 1 is 0.900 bits per heavy atom. The molecule has 0 saturated carbocycles. The van der Waals surface area contributed by atoms with Crippen LogP contribution in [0.15, 0.2) is 65.7 Å². The second-order valence-electron chi connectivity index (χ2n) is 4.24. The van der Waals surface area contributed by atoms with Crippen molar-refractivity contribution in [2.45, 2.75) is 6.04 Å².